The Morgan fingerprint density at radius 1 is 1.07 bits per heavy atom. The molecule has 0 fully saturated rings. The highest BCUT2D eigenvalue weighted by Gasteiger charge is 2.25. The Hall–Kier alpha value is -3.74. The van der Waals surface area contributed by atoms with E-state index in [-0.39, 0.29) is 5.91 Å². The van der Waals surface area contributed by atoms with Crippen molar-refractivity contribution in [1.82, 2.24) is 19.9 Å². The summed E-state index contributed by atoms with van der Waals surface area (Å²) in [6.45, 7) is 0.583. The normalized spacial score (nSPS) is 11.9. The van der Waals surface area contributed by atoms with Crippen LogP contribution in [0.4, 0.5) is 0 Å². The summed E-state index contributed by atoms with van der Waals surface area (Å²) in [7, 11) is 3.24. The molecule has 0 saturated heterocycles. The van der Waals surface area contributed by atoms with Crippen molar-refractivity contribution in [2.75, 3.05) is 14.1 Å². The Balaban J connectivity index is 1.65. The van der Waals surface area contributed by atoms with Crippen molar-refractivity contribution in [3.05, 3.63) is 89.8 Å². The minimum absolute atomic E-state index is 0.313. The predicted octanol–water partition coefficient (Wildman–Crippen LogP) is 2.71. The molecule has 7 heteroatoms. The van der Waals surface area contributed by atoms with Crippen molar-refractivity contribution >= 4 is 18.0 Å². The molecule has 1 atom stereocenters. The summed E-state index contributed by atoms with van der Waals surface area (Å²) in [5.74, 6) is -0.946. The smallest absolute Gasteiger partial charge is 0.331 e. The zero-order valence-electron chi connectivity index (χ0n) is 16.3. The van der Waals surface area contributed by atoms with Crippen LogP contribution >= 0.6 is 0 Å². The van der Waals surface area contributed by atoms with Gasteiger partial charge in [-0.3, -0.25) is 4.79 Å². The lowest BCUT2D eigenvalue weighted by atomic mass is 10.1. The maximum Gasteiger partial charge on any atom is 0.331 e. The average molecular weight is 390 g/mol. The van der Waals surface area contributed by atoms with Crippen LogP contribution in [0, 0.1) is 0 Å². The summed E-state index contributed by atoms with van der Waals surface area (Å²) >= 11 is 0. The standard InChI is InChI=1S/C22H22N4O3/c1-25(2)22(28)21(18-11-7-4-8-12-18)29-20(27)14-13-19-16-26(24-23-19)15-17-9-5-3-6-10-17/h3-14,16,21H,15H2,1-2H3/b14-13+/t21-/m1/s1. The van der Waals surface area contributed by atoms with Gasteiger partial charge in [0.25, 0.3) is 5.91 Å². The van der Waals surface area contributed by atoms with Crippen LogP contribution in [0.25, 0.3) is 6.08 Å². The van der Waals surface area contributed by atoms with E-state index in [1.54, 1.807) is 49.2 Å². The molecule has 0 saturated carbocycles. The van der Waals surface area contributed by atoms with Gasteiger partial charge >= 0.3 is 5.97 Å². The van der Waals surface area contributed by atoms with Gasteiger partial charge in [0.05, 0.1) is 12.7 Å². The van der Waals surface area contributed by atoms with Crippen LogP contribution in [0.15, 0.2) is 72.9 Å². The van der Waals surface area contributed by atoms with E-state index in [0.29, 0.717) is 17.8 Å². The third kappa shape index (κ3) is 5.62. The lowest BCUT2D eigenvalue weighted by molar-refractivity contribution is -0.155. The van der Waals surface area contributed by atoms with Crippen molar-refractivity contribution in [3.8, 4) is 0 Å². The van der Waals surface area contributed by atoms with Crippen LogP contribution < -0.4 is 0 Å². The molecule has 148 valence electrons. The number of carbonyl (C=O) groups excluding carboxylic acids is 2. The van der Waals surface area contributed by atoms with Crippen LogP contribution in [-0.2, 0) is 20.9 Å². The van der Waals surface area contributed by atoms with Crippen molar-refractivity contribution < 1.29 is 14.3 Å². The molecule has 1 amide bonds. The van der Waals surface area contributed by atoms with Gasteiger partial charge in [-0.05, 0) is 11.6 Å². The molecule has 3 aromatic rings. The lowest BCUT2D eigenvalue weighted by Crippen LogP contribution is -2.30. The molecule has 29 heavy (non-hydrogen) atoms. The first-order valence-electron chi connectivity index (χ1n) is 9.12. The second kappa shape index (κ2) is 9.45. The first-order chi connectivity index (χ1) is 14.0. The van der Waals surface area contributed by atoms with E-state index >= 15 is 0 Å². The third-order valence-corrected chi connectivity index (χ3v) is 4.14. The molecule has 0 spiro atoms. The maximum atomic E-state index is 12.4. The van der Waals surface area contributed by atoms with Crippen LogP contribution in [0.2, 0.25) is 0 Å². The number of esters is 1. The molecule has 0 radical (unpaired) electrons. The number of hydrogen-bond donors (Lipinski definition) is 0. The van der Waals surface area contributed by atoms with Crippen molar-refractivity contribution in [3.63, 3.8) is 0 Å². The molecule has 0 aliphatic heterocycles. The van der Waals surface area contributed by atoms with Crippen LogP contribution in [0.3, 0.4) is 0 Å². The molecule has 0 aliphatic carbocycles. The number of aromatic nitrogens is 3. The summed E-state index contributed by atoms with van der Waals surface area (Å²) in [6.07, 6.45) is 3.49. The number of hydrogen-bond acceptors (Lipinski definition) is 5. The van der Waals surface area contributed by atoms with Gasteiger partial charge in [-0.15, -0.1) is 5.10 Å². The number of amides is 1. The molecule has 0 N–H and O–H groups in total. The fraction of sp³-hybridized carbons (Fsp3) is 0.182. The van der Waals surface area contributed by atoms with E-state index in [1.807, 2.05) is 36.4 Å². The Morgan fingerprint density at radius 2 is 1.72 bits per heavy atom. The summed E-state index contributed by atoms with van der Waals surface area (Å²) in [6, 6.07) is 18.8. The second-order valence-electron chi connectivity index (χ2n) is 6.62. The molecule has 3 rings (SSSR count). The van der Waals surface area contributed by atoms with Crippen LogP contribution in [-0.4, -0.2) is 45.9 Å². The van der Waals surface area contributed by atoms with Gasteiger partial charge in [-0.2, -0.15) is 0 Å². The van der Waals surface area contributed by atoms with Gasteiger partial charge in [-0.25, -0.2) is 9.48 Å². The maximum absolute atomic E-state index is 12.4. The Bertz CT molecular complexity index is 982. The average Bonchev–Trinajstić information content (AvgIpc) is 3.18. The fourth-order valence-corrected chi connectivity index (χ4v) is 2.67. The molecule has 0 bridgehead atoms. The second-order valence-corrected chi connectivity index (χ2v) is 6.62. The Labute approximate surface area is 169 Å². The number of nitrogens with zero attached hydrogens (tertiary/aromatic N) is 4. The third-order valence-electron chi connectivity index (χ3n) is 4.14. The quantitative estimate of drug-likeness (QED) is 0.458. The molecular weight excluding hydrogens is 368 g/mol. The molecule has 1 aromatic heterocycles. The number of likely N-dealkylation sites (N-methyl/N-ethyl adjacent to an activating group) is 1. The predicted molar refractivity (Wildman–Crippen MR) is 109 cm³/mol. The number of rotatable bonds is 7. The molecular formula is C22H22N4O3. The molecule has 7 nitrogen and oxygen atoms in total. The molecule has 0 unspecified atom stereocenters. The van der Waals surface area contributed by atoms with Crippen molar-refractivity contribution in [2.45, 2.75) is 12.6 Å². The number of benzene rings is 2. The van der Waals surface area contributed by atoms with E-state index in [4.69, 9.17) is 4.74 Å². The minimum Gasteiger partial charge on any atom is -0.444 e. The van der Waals surface area contributed by atoms with Crippen LogP contribution in [0.1, 0.15) is 22.9 Å². The first-order valence-corrected chi connectivity index (χ1v) is 9.12. The zero-order valence-corrected chi connectivity index (χ0v) is 16.3. The lowest BCUT2D eigenvalue weighted by Gasteiger charge is -2.20. The van der Waals surface area contributed by atoms with Gasteiger partial charge in [-0.1, -0.05) is 65.9 Å². The van der Waals surface area contributed by atoms with Gasteiger partial charge < -0.3 is 9.64 Å². The molecule has 2 aromatic carbocycles. The molecule has 0 aliphatic rings. The van der Waals surface area contributed by atoms with E-state index in [0.717, 1.165) is 5.56 Å². The number of carbonyl (C=O) groups is 2. The van der Waals surface area contributed by atoms with Gasteiger partial charge in [0.2, 0.25) is 6.10 Å². The highest BCUT2D eigenvalue weighted by atomic mass is 16.5. The highest BCUT2D eigenvalue weighted by molar-refractivity contribution is 5.90. The Morgan fingerprint density at radius 3 is 2.38 bits per heavy atom. The first kappa shape index (κ1) is 20.0. The summed E-state index contributed by atoms with van der Waals surface area (Å²) in [4.78, 5) is 26.1. The zero-order chi connectivity index (χ0) is 20.6. The topological polar surface area (TPSA) is 77.3 Å². The largest absolute Gasteiger partial charge is 0.444 e. The Kier molecular flexibility index (Phi) is 6.52. The van der Waals surface area contributed by atoms with Gasteiger partial charge in [0.15, 0.2) is 0 Å². The minimum atomic E-state index is -1.00. The van der Waals surface area contributed by atoms with Crippen molar-refractivity contribution in [1.29, 1.82) is 0 Å². The number of ether oxygens (including phenoxy) is 1. The molecule has 1 heterocycles. The summed E-state index contributed by atoms with van der Waals surface area (Å²) < 4.78 is 7.10. The summed E-state index contributed by atoms with van der Waals surface area (Å²) in [5, 5.41) is 8.08. The van der Waals surface area contributed by atoms with Crippen LogP contribution in [0.5, 0.6) is 0 Å². The van der Waals surface area contributed by atoms with E-state index in [1.165, 1.54) is 17.1 Å². The summed E-state index contributed by atoms with van der Waals surface area (Å²) in [5.41, 5.74) is 2.23. The van der Waals surface area contributed by atoms with Gasteiger partial charge in [0.1, 0.15) is 5.69 Å². The SMILES string of the molecule is CN(C)C(=O)[C@H](OC(=O)/C=C/c1cn(Cc2ccccc2)nn1)c1ccccc1. The van der Waals surface area contributed by atoms with E-state index in [9.17, 15) is 9.59 Å². The monoisotopic (exact) mass is 390 g/mol. The van der Waals surface area contributed by atoms with Gasteiger partial charge in [0, 0.05) is 25.7 Å². The van der Waals surface area contributed by atoms with E-state index in [2.05, 4.69) is 10.3 Å². The van der Waals surface area contributed by atoms with Crippen molar-refractivity contribution in [2.24, 2.45) is 0 Å². The highest BCUT2D eigenvalue weighted by Crippen LogP contribution is 2.20. The fourth-order valence-electron chi connectivity index (χ4n) is 2.67. The van der Waals surface area contributed by atoms with E-state index < -0.39 is 12.1 Å².